The van der Waals surface area contributed by atoms with Crippen molar-refractivity contribution in [2.75, 3.05) is 18.8 Å². The summed E-state index contributed by atoms with van der Waals surface area (Å²) in [7, 11) is 0. The van der Waals surface area contributed by atoms with E-state index in [0.29, 0.717) is 22.7 Å². The fourth-order valence-electron chi connectivity index (χ4n) is 2.34. The van der Waals surface area contributed by atoms with Gasteiger partial charge in [-0.2, -0.15) is 11.8 Å². The van der Waals surface area contributed by atoms with Crippen molar-refractivity contribution < 1.29 is 4.79 Å². The average molecular weight is 298 g/mol. The number of hydrogen-bond donors (Lipinski definition) is 0. The van der Waals surface area contributed by atoms with Crippen LogP contribution in [-0.4, -0.2) is 40.8 Å². The Morgan fingerprint density at radius 2 is 2.05 bits per heavy atom. The smallest absolute Gasteiger partial charge is 0.164 e. The van der Waals surface area contributed by atoms with Crippen molar-refractivity contribution in [2.24, 2.45) is 0 Å². The van der Waals surface area contributed by atoms with E-state index in [9.17, 15) is 4.79 Å². The van der Waals surface area contributed by atoms with Crippen LogP contribution in [-0.2, 0) is 0 Å². The first kappa shape index (κ1) is 14.9. The third-order valence-electron chi connectivity index (χ3n) is 3.81. The van der Waals surface area contributed by atoms with Gasteiger partial charge in [0.05, 0.1) is 0 Å². The number of halogens is 1. The second-order valence-corrected chi connectivity index (χ2v) is 6.95. The molecule has 0 bridgehead atoms. The Morgan fingerprint density at radius 1 is 1.37 bits per heavy atom. The molecule has 2 rings (SSSR count). The monoisotopic (exact) mass is 297 g/mol. The van der Waals surface area contributed by atoms with E-state index in [-0.39, 0.29) is 5.78 Å². The second kappa shape index (κ2) is 6.78. The van der Waals surface area contributed by atoms with Gasteiger partial charge in [0.1, 0.15) is 0 Å². The number of thioether (sulfide) groups is 1. The average Bonchev–Trinajstić information content (AvgIpc) is 2.41. The summed E-state index contributed by atoms with van der Waals surface area (Å²) >= 11 is 7.85. The number of hydrogen-bond acceptors (Lipinski definition) is 3. The van der Waals surface area contributed by atoms with E-state index in [1.807, 2.05) is 23.9 Å². The molecule has 0 radical (unpaired) electrons. The van der Waals surface area contributed by atoms with E-state index in [4.69, 9.17) is 11.6 Å². The number of benzene rings is 1. The van der Waals surface area contributed by atoms with Crippen molar-refractivity contribution in [1.29, 1.82) is 0 Å². The maximum absolute atomic E-state index is 12.1. The first-order valence-corrected chi connectivity index (χ1v) is 8.15. The zero-order valence-electron chi connectivity index (χ0n) is 11.4. The third-order valence-corrected chi connectivity index (χ3v) is 5.40. The predicted molar refractivity (Wildman–Crippen MR) is 83.4 cm³/mol. The van der Waals surface area contributed by atoms with Crippen molar-refractivity contribution >= 4 is 29.1 Å². The number of ketones is 1. The number of nitrogens with zero attached hydrogens (tertiary/aromatic N) is 1. The molecule has 1 saturated heterocycles. The van der Waals surface area contributed by atoms with Crippen molar-refractivity contribution in [3.05, 3.63) is 34.9 Å². The van der Waals surface area contributed by atoms with Crippen LogP contribution in [0.4, 0.5) is 0 Å². The Labute approximate surface area is 124 Å². The molecule has 1 aliphatic rings. The van der Waals surface area contributed by atoms with Gasteiger partial charge in [0.15, 0.2) is 5.78 Å². The van der Waals surface area contributed by atoms with E-state index in [2.05, 4.69) is 18.7 Å². The standard InChI is InChI=1S/C15H20ClNOS/c1-11-12(2)19-10-9-17(11)8-7-15(18)13-3-5-14(16)6-4-13/h3-6,11-12H,7-10H2,1-2H3. The van der Waals surface area contributed by atoms with Gasteiger partial charge < -0.3 is 0 Å². The summed E-state index contributed by atoms with van der Waals surface area (Å²) < 4.78 is 0. The van der Waals surface area contributed by atoms with Crippen molar-refractivity contribution in [3.63, 3.8) is 0 Å². The molecule has 0 aromatic heterocycles. The van der Waals surface area contributed by atoms with E-state index >= 15 is 0 Å². The molecule has 1 aromatic rings. The highest BCUT2D eigenvalue weighted by Gasteiger charge is 2.25. The van der Waals surface area contributed by atoms with Crippen molar-refractivity contribution in [2.45, 2.75) is 31.6 Å². The zero-order valence-corrected chi connectivity index (χ0v) is 13.0. The van der Waals surface area contributed by atoms with E-state index in [0.717, 1.165) is 18.7 Å². The van der Waals surface area contributed by atoms with Gasteiger partial charge in [-0.15, -0.1) is 0 Å². The molecule has 1 fully saturated rings. The Morgan fingerprint density at radius 3 is 2.74 bits per heavy atom. The first-order valence-electron chi connectivity index (χ1n) is 6.72. The lowest BCUT2D eigenvalue weighted by molar-refractivity contribution is 0.0954. The Hall–Kier alpha value is -0.510. The molecular weight excluding hydrogens is 278 g/mol. The van der Waals surface area contributed by atoms with Crippen LogP contribution in [0, 0.1) is 0 Å². The highest BCUT2D eigenvalue weighted by molar-refractivity contribution is 8.00. The molecule has 0 amide bonds. The van der Waals surface area contributed by atoms with Crippen LogP contribution >= 0.6 is 23.4 Å². The zero-order chi connectivity index (χ0) is 13.8. The van der Waals surface area contributed by atoms with Crippen LogP contribution < -0.4 is 0 Å². The maximum Gasteiger partial charge on any atom is 0.164 e. The maximum atomic E-state index is 12.1. The van der Waals surface area contributed by atoms with Crippen LogP contribution in [0.1, 0.15) is 30.6 Å². The number of carbonyl (C=O) groups is 1. The van der Waals surface area contributed by atoms with Gasteiger partial charge in [-0.25, -0.2) is 0 Å². The van der Waals surface area contributed by atoms with Gasteiger partial charge in [0, 0.05) is 47.1 Å². The summed E-state index contributed by atoms with van der Waals surface area (Å²) in [5.41, 5.74) is 0.761. The van der Waals surface area contributed by atoms with E-state index in [1.54, 1.807) is 12.1 Å². The molecule has 0 N–H and O–H groups in total. The molecule has 104 valence electrons. The summed E-state index contributed by atoms with van der Waals surface area (Å²) in [5, 5.41) is 1.33. The SMILES string of the molecule is CC1SCCN(CCC(=O)c2ccc(Cl)cc2)C1C. The molecule has 2 nitrogen and oxygen atoms in total. The molecular formula is C15H20ClNOS. The fourth-order valence-corrected chi connectivity index (χ4v) is 3.62. The summed E-state index contributed by atoms with van der Waals surface area (Å²) in [5.74, 6) is 1.37. The molecule has 1 aliphatic heterocycles. The number of carbonyl (C=O) groups excluding carboxylic acids is 1. The van der Waals surface area contributed by atoms with Gasteiger partial charge in [0.2, 0.25) is 0 Å². The van der Waals surface area contributed by atoms with Crippen LogP contribution in [0.2, 0.25) is 5.02 Å². The van der Waals surface area contributed by atoms with E-state index < -0.39 is 0 Å². The Kier molecular flexibility index (Phi) is 5.31. The third kappa shape index (κ3) is 3.98. The highest BCUT2D eigenvalue weighted by Crippen LogP contribution is 2.24. The predicted octanol–water partition coefficient (Wildman–Crippen LogP) is 3.74. The normalized spacial score (nSPS) is 24.4. The summed E-state index contributed by atoms with van der Waals surface area (Å²) in [6.45, 7) is 6.46. The number of Topliss-reactive ketones (excluding diaryl/α,β-unsaturated/α-hetero) is 1. The van der Waals surface area contributed by atoms with Gasteiger partial charge in [-0.05, 0) is 31.2 Å². The highest BCUT2D eigenvalue weighted by atomic mass is 35.5. The van der Waals surface area contributed by atoms with Gasteiger partial charge >= 0.3 is 0 Å². The minimum absolute atomic E-state index is 0.203. The Balaban J connectivity index is 1.88. The molecule has 4 heteroatoms. The largest absolute Gasteiger partial charge is 0.298 e. The lowest BCUT2D eigenvalue weighted by atomic mass is 10.1. The number of rotatable bonds is 4. The molecule has 1 heterocycles. The molecule has 0 saturated carbocycles. The van der Waals surface area contributed by atoms with Crippen LogP contribution in [0.25, 0.3) is 0 Å². The summed E-state index contributed by atoms with van der Waals surface area (Å²) in [6.07, 6.45) is 0.587. The lowest BCUT2D eigenvalue weighted by Gasteiger charge is -2.37. The van der Waals surface area contributed by atoms with Crippen LogP contribution in [0.3, 0.4) is 0 Å². The van der Waals surface area contributed by atoms with Gasteiger partial charge in [-0.1, -0.05) is 18.5 Å². The molecule has 1 aromatic carbocycles. The topological polar surface area (TPSA) is 20.3 Å². The van der Waals surface area contributed by atoms with Crippen LogP contribution in [0.15, 0.2) is 24.3 Å². The minimum atomic E-state index is 0.203. The first-order chi connectivity index (χ1) is 9.08. The molecule has 19 heavy (non-hydrogen) atoms. The second-order valence-electron chi connectivity index (χ2n) is 5.03. The molecule has 2 unspecified atom stereocenters. The summed E-state index contributed by atoms with van der Waals surface area (Å²) in [4.78, 5) is 14.5. The van der Waals surface area contributed by atoms with Crippen molar-refractivity contribution in [3.8, 4) is 0 Å². The molecule has 0 aliphatic carbocycles. The fraction of sp³-hybridized carbons (Fsp3) is 0.533. The molecule has 2 atom stereocenters. The van der Waals surface area contributed by atoms with E-state index in [1.165, 1.54) is 5.75 Å². The quantitative estimate of drug-likeness (QED) is 0.790. The van der Waals surface area contributed by atoms with Crippen molar-refractivity contribution in [1.82, 2.24) is 4.90 Å². The Bertz CT molecular complexity index is 434. The van der Waals surface area contributed by atoms with Gasteiger partial charge in [0.25, 0.3) is 0 Å². The molecule has 0 spiro atoms. The summed E-state index contributed by atoms with van der Waals surface area (Å²) in [6, 6.07) is 7.72. The minimum Gasteiger partial charge on any atom is -0.298 e. The van der Waals surface area contributed by atoms with Crippen LogP contribution in [0.5, 0.6) is 0 Å². The van der Waals surface area contributed by atoms with Gasteiger partial charge in [-0.3, -0.25) is 9.69 Å². The lowest BCUT2D eigenvalue weighted by Crippen LogP contribution is -2.45.